The molecule has 1 aliphatic rings. The summed E-state index contributed by atoms with van der Waals surface area (Å²) in [7, 11) is 0. The lowest BCUT2D eigenvalue weighted by Gasteiger charge is -2.26. The van der Waals surface area contributed by atoms with Gasteiger partial charge >= 0.3 is 12.2 Å². The number of alkyl halides is 3. The summed E-state index contributed by atoms with van der Waals surface area (Å²) < 4.78 is 42.6. The molecule has 0 aliphatic heterocycles. The predicted molar refractivity (Wildman–Crippen MR) is 83.0 cm³/mol. The largest absolute Gasteiger partial charge is 0.435 e. The summed E-state index contributed by atoms with van der Waals surface area (Å²) in [5.41, 5.74) is -1.89. The zero-order chi connectivity index (χ0) is 18.8. The lowest BCUT2D eigenvalue weighted by Crippen LogP contribution is -2.46. The maximum absolute atomic E-state index is 12.5. The molecule has 2 heterocycles. The molecule has 140 valence electrons. The first-order valence-electron chi connectivity index (χ1n) is 8.15. The highest BCUT2D eigenvalue weighted by molar-refractivity contribution is 5.88. The number of anilines is 1. The Balaban J connectivity index is 1.71. The Morgan fingerprint density at radius 1 is 1.27 bits per heavy atom. The number of aromatic nitrogens is 4. The van der Waals surface area contributed by atoms with Crippen LogP contribution in [0.3, 0.4) is 0 Å². The smallest absolute Gasteiger partial charge is 0.339 e. The fourth-order valence-electron chi connectivity index (χ4n) is 2.89. The lowest BCUT2D eigenvalue weighted by molar-refractivity contribution is -0.141. The summed E-state index contributed by atoms with van der Waals surface area (Å²) in [4.78, 5) is 16.6. The molecule has 2 aromatic rings. The van der Waals surface area contributed by atoms with Crippen LogP contribution in [0.15, 0.2) is 16.7 Å². The number of nitrogens with one attached hydrogen (secondary N) is 2. The molecule has 1 aliphatic carbocycles. The van der Waals surface area contributed by atoms with Crippen molar-refractivity contribution in [2.24, 2.45) is 0 Å². The van der Waals surface area contributed by atoms with Crippen molar-refractivity contribution in [3.63, 3.8) is 0 Å². The van der Waals surface area contributed by atoms with E-state index < -0.39 is 23.4 Å². The van der Waals surface area contributed by atoms with Crippen molar-refractivity contribution in [3.8, 4) is 0 Å². The van der Waals surface area contributed by atoms with Crippen molar-refractivity contribution in [1.82, 2.24) is 25.7 Å². The molecule has 2 amide bonds. The number of carbonyl (C=O) groups excluding carboxylic acids is 1. The van der Waals surface area contributed by atoms with E-state index in [1.54, 1.807) is 0 Å². The molecule has 0 aromatic carbocycles. The van der Waals surface area contributed by atoms with Gasteiger partial charge < -0.3 is 9.84 Å². The van der Waals surface area contributed by atoms with Crippen molar-refractivity contribution in [2.75, 3.05) is 5.32 Å². The van der Waals surface area contributed by atoms with E-state index in [2.05, 4.69) is 31.0 Å². The maximum Gasteiger partial charge on any atom is 0.435 e. The van der Waals surface area contributed by atoms with Gasteiger partial charge in [0, 0.05) is 6.42 Å². The molecular formula is C15H17F3N6O2. The van der Waals surface area contributed by atoms with E-state index >= 15 is 0 Å². The summed E-state index contributed by atoms with van der Waals surface area (Å²) in [5, 5.41) is 15.6. The molecule has 0 bridgehead atoms. The monoisotopic (exact) mass is 370 g/mol. The molecule has 3 rings (SSSR count). The van der Waals surface area contributed by atoms with Crippen LogP contribution >= 0.6 is 0 Å². The van der Waals surface area contributed by atoms with E-state index in [1.807, 2.05) is 6.92 Å². The number of rotatable bonds is 4. The fraction of sp³-hybridized carbons (Fsp3) is 0.533. The Morgan fingerprint density at radius 3 is 2.54 bits per heavy atom. The van der Waals surface area contributed by atoms with Crippen LogP contribution in [0, 0.1) is 0 Å². The minimum atomic E-state index is -4.59. The van der Waals surface area contributed by atoms with Crippen molar-refractivity contribution >= 4 is 11.8 Å². The molecule has 0 unspecified atom stereocenters. The van der Waals surface area contributed by atoms with Crippen molar-refractivity contribution in [3.05, 3.63) is 29.5 Å². The van der Waals surface area contributed by atoms with E-state index in [-0.39, 0.29) is 5.82 Å². The molecule has 1 fully saturated rings. The second-order valence-electron chi connectivity index (χ2n) is 6.04. The highest BCUT2D eigenvalue weighted by Crippen LogP contribution is 2.37. The molecule has 0 radical (unpaired) electrons. The first-order valence-corrected chi connectivity index (χ1v) is 8.15. The molecule has 2 aromatic heterocycles. The molecule has 0 spiro atoms. The first kappa shape index (κ1) is 18.1. The third-order valence-electron chi connectivity index (χ3n) is 4.21. The molecule has 0 saturated heterocycles. The van der Waals surface area contributed by atoms with E-state index in [0.717, 1.165) is 25.0 Å². The van der Waals surface area contributed by atoms with Gasteiger partial charge in [0.1, 0.15) is 5.54 Å². The van der Waals surface area contributed by atoms with E-state index in [0.29, 0.717) is 31.0 Å². The van der Waals surface area contributed by atoms with E-state index in [4.69, 9.17) is 4.52 Å². The third kappa shape index (κ3) is 3.75. The quantitative estimate of drug-likeness (QED) is 0.857. The van der Waals surface area contributed by atoms with Gasteiger partial charge in [0.2, 0.25) is 5.89 Å². The highest BCUT2D eigenvalue weighted by Gasteiger charge is 2.41. The molecule has 0 atom stereocenters. The molecule has 11 heteroatoms. The third-order valence-corrected chi connectivity index (χ3v) is 4.21. The van der Waals surface area contributed by atoms with Gasteiger partial charge in [0.15, 0.2) is 17.3 Å². The first-order chi connectivity index (χ1) is 12.3. The normalized spacial score (nSPS) is 16.5. The molecule has 26 heavy (non-hydrogen) atoms. The van der Waals surface area contributed by atoms with Gasteiger partial charge in [-0.05, 0) is 25.0 Å². The van der Waals surface area contributed by atoms with E-state index in [9.17, 15) is 18.0 Å². The number of halogens is 3. The number of hydrogen-bond donors (Lipinski definition) is 2. The average Bonchev–Trinajstić information content (AvgIpc) is 3.24. The Kier molecular flexibility index (Phi) is 4.79. The van der Waals surface area contributed by atoms with Crippen LogP contribution in [0.2, 0.25) is 0 Å². The van der Waals surface area contributed by atoms with Crippen molar-refractivity contribution in [1.29, 1.82) is 0 Å². The number of amides is 2. The summed E-state index contributed by atoms with van der Waals surface area (Å²) in [6.07, 6.45) is -0.954. The Hall–Kier alpha value is -2.72. The number of urea groups is 1. The van der Waals surface area contributed by atoms with Crippen LogP contribution in [0.5, 0.6) is 0 Å². The number of hydrogen-bond acceptors (Lipinski definition) is 6. The second-order valence-corrected chi connectivity index (χ2v) is 6.04. The zero-order valence-electron chi connectivity index (χ0n) is 13.9. The summed E-state index contributed by atoms with van der Waals surface area (Å²) in [5.74, 6) is 0.786. The van der Waals surface area contributed by atoms with Crippen LogP contribution in [-0.2, 0) is 18.1 Å². The summed E-state index contributed by atoms with van der Waals surface area (Å²) in [6.45, 7) is 1.88. The van der Waals surface area contributed by atoms with Crippen molar-refractivity contribution in [2.45, 2.75) is 50.7 Å². The van der Waals surface area contributed by atoms with Crippen LogP contribution in [0.25, 0.3) is 0 Å². The topological polar surface area (TPSA) is 106 Å². The van der Waals surface area contributed by atoms with Crippen LogP contribution in [-0.4, -0.2) is 26.4 Å². The number of aryl methyl sites for hydroxylation is 1. The van der Waals surface area contributed by atoms with Gasteiger partial charge in [-0.1, -0.05) is 24.9 Å². The SMILES string of the molecule is CCc1nc(C2(NC(=O)Nc3ccc(C(F)(F)F)nn3)CCCC2)no1. The average molecular weight is 370 g/mol. The van der Waals surface area contributed by atoms with Crippen LogP contribution in [0.1, 0.15) is 50.0 Å². The Bertz CT molecular complexity index is 768. The minimum Gasteiger partial charge on any atom is -0.339 e. The summed E-state index contributed by atoms with van der Waals surface area (Å²) in [6, 6.07) is 1.17. The van der Waals surface area contributed by atoms with Gasteiger partial charge in [-0.15, -0.1) is 10.2 Å². The lowest BCUT2D eigenvalue weighted by atomic mass is 9.97. The molecule has 1 saturated carbocycles. The van der Waals surface area contributed by atoms with E-state index in [1.165, 1.54) is 0 Å². The maximum atomic E-state index is 12.5. The van der Waals surface area contributed by atoms with Crippen molar-refractivity contribution < 1.29 is 22.5 Å². The van der Waals surface area contributed by atoms with Gasteiger partial charge in [-0.25, -0.2) is 4.79 Å². The zero-order valence-corrected chi connectivity index (χ0v) is 13.9. The number of nitrogens with zero attached hydrogens (tertiary/aromatic N) is 4. The fourth-order valence-corrected chi connectivity index (χ4v) is 2.89. The Labute approximate surface area is 146 Å². The summed E-state index contributed by atoms with van der Waals surface area (Å²) >= 11 is 0. The van der Waals surface area contributed by atoms with Gasteiger partial charge in [0.05, 0.1) is 0 Å². The van der Waals surface area contributed by atoms with Gasteiger partial charge in [-0.3, -0.25) is 5.32 Å². The minimum absolute atomic E-state index is 0.0917. The molecular weight excluding hydrogens is 353 g/mol. The molecule has 8 nitrogen and oxygen atoms in total. The molecule has 2 N–H and O–H groups in total. The number of carbonyl (C=O) groups is 1. The highest BCUT2D eigenvalue weighted by atomic mass is 19.4. The Morgan fingerprint density at radius 2 is 2.00 bits per heavy atom. The standard InChI is InChI=1S/C15H17F3N6O2/c1-2-11-20-12(24-26-11)14(7-3-4-8-14)21-13(25)19-10-6-5-9(22-23-10)15(16,17)18/h5-6H,2-4,7-8H2,1H3,(H2,19,21,23,25). The second kappa shape index (κ2) is 6.89. The van der Waals surface area contributed by atoms with Crippen LogP contribution in [0.4, 0.5) is 23.8 Å². The van der Waals surface area contributed by atoms with Crippen LogP contribution < -0.4 is 10.6 Å². The van der Waals surface area contributed by atoms with Gasteiger partial charge in [-0.2, -0.15) is 18.2 Å². The van der Waals surface area contributed by atoms with Gasteiger partial charge in [0.25, 0.3) is 0 Å². The predicted octanol–water partition coefficient (Wildman–Crippen LogP) is 3.03.